The molecule has 0 saturated heterocycles. The van der Waals surface area contributed by atoms with E-state index in [4.69, 9.17) is 15.3 Å². The highest BCUT2D eigenvalue weighted by atomic mass is 16.5. The van der Waals surface area contributed by atoms with E-state index in [0.29, 0.717) is 22.8 Å². The van der Waals surface area contributed by atoms with Crippen molar-refractivity contribution in [3.05, 3.63) is 29.3 Å². The van der Waals surface area contributed by atoms with Gasteiger partial charge in [0.25, 0.3) is 0 Å². The van der Waals surface area contributed by atoms with E-state index >= 15 is 0 Å². The van der Waals surface area contributed by atoms with Crippen molar-refractivity contribution >= 4 is 0 Å². The van der Waals surface area contributed by atoms with Crippen LogP contribution in [0, 0.1) is 28.6 Å². The van der Waals surface area contributed by atoms with Crippen molar-refractivity contribution in [1.82, 2.24) is 0 Å². The monoisotopic (exact) mass is 228 g/mol. The Balaban J connectivity index is 2.93. The molecule has 0 heterocycles. The number of rotatable bonds is 4. The Labute approximate surface area is 102 Å². The zero-order valence-electron chi connectivity index (χ0n) is 10.4. The molecule has 0 aliphatic heterocycles. The molecule has 17 heavy (non-hydrogen) atoms. The zero-order valence-corrected chi connectivity index (χ0v) is 10.4. The molecule has 0 N–H and O–H groups in total. The average Bonchev–Trinajstić information content (AvgIpc) is 2.27. The van der Waals surface area contributed by atoms with Crippen LogP contribution < -0.4 is 4.74 Å². The van der Waals surface area contributed by atoms with Gasteiger partial charge in [-0.25, -0.2) is 0 Å². The fraction of sp³-hybridized carbons (Fsp3) is 0.429. The van der Waals surface area contributed by atoms with Gasteiger partial charge in [0.15, 0.2) is 0 Å². The first-order valence-corrected chi connectivity index (χ1v) is 5.68. The predicted octanol–water partition coefficient (Wildman–Crippen LogP) is 3.24. The van der Waals surface area contributed by atoms with Gasteiger partial charge in [0.05, 0.1) is 11.7 Å². The summed E-state index contributed by atoms with van der Waals surface area (Å²) in [7, 11) is 0. The standard InChI is InChI=1S/C14H16N2O/c1-10(2)7-11(3)17-14-6-4-5-12(8-15)13(14)9-16/h4-6,10-11H,7H2,1-3H3. The maximum atomic E-state index is 9.04. The Kier molecular flexibility index (Phi) is 4.55. The highest BCUT2D eigenvalue weighted by Crippen LogP contribution is 2.23. The van der Waals surface area contributed by atoms with E-state index in [1.165, 1.54) is 0 Å². The van der Waals surface area contributed by atoms with Crippen molar-refractivity contribution in [2.45, 2.75) is 33.3 Å². The number of nitrogens with zero attached hydrogens (tertiary/aromatic N) is 2. The summed E-state index contributed by atoms with van der Waals surface area (Å²) in [6, 6.07) is 9.11. The van der Waals surface area contributed by atoms with Crippen LogP contribution in [0.4, 0.5) is 0 Å². The van der Waals surface area contributed by atoms with Crippen LogP contribution in [0.3, 0.4) is 0 Å². The van der Waals surface area contributed by atoms with Gasteiger partial charge in [0, 0.05) is 0 Å². The van der Waals surface area contributed by atoms with Crippen molar-refractivity contribution in [2.75, 3.05) is 0 Å². The van der Waals surface area contributed by atoms with Crippen LogP contribution in [0.1, 0.15) is 38.3 Å². The van der Waals surface area contributed by atoms with Crippen molar-refractivity contribution in [2.24, 2.45) is 5.92 Å². The molecule has 1 unspecified atom stereocenters. The minimum atomic E-state index is 0.0380. The molecule has 1 atom stereocenters. The molecule has 0 fully saturated rings. The van der Waals surface area contributed by atoms with E-state index in [-0.39, 0.29) is 6.10 Å². The molecular weight excluding hydrogens is 212 g/mol. The lowest BCUT2D eigenvalue weighted by Crippen LogP contribution is -2.15. The minimum absolute atomic E-state index is 0.0380. The molecule has 0 bridgehead atoms. The average molecular weight is 228 g/mol. The Morgan fingerprint density at radius 1 is 1.18 bits per heavy atom. The van der Waals surface area contributed by atoms with Crippen LogP contribution in [0.5, 0.6) is 5.75 Å². The van der Waals surface area contributed by atoms with Gasteiger partial charge in [-0.05, 0) is 31.4 Å². The van der Waals surface area contributed by atoms with Gasteiger partial charge in [-0.1, -0.05) is 19.9 Å². The second kappa shape index (κ2) is 5.92. The Morgan fingerprint density at radius 2 is 1.88 bits per heavy atom. The van der Waals surface area contributed by atoms with Crippen LogP contribution >= 0.6 is 0 Å². The van der Waals surface area contributed by atoms with Crippen LogP contribution in [0.2, 0.25) is 0 Å². The van der Waals surface area contributed by atoms with Gasteiger partial charge in [0.2, 0.25) is 0 Å². The molecule has 0 spiro atoms. The highest BCUT2D eigenvalue weighted by Gasteiger charge is 2.12. The molecule has 0 amide bonds. The van der Waals surface area contributed by atoms with E-state index in [1.54, 1.807) is 18.2 Å². The number of hydrogen-bond donors (Lipinski definition) is 0. The summed E-state index contributed by atoms with van der Waals surface area (Å²) >= 11 is 0. The smallest absolute Gasteiger partial charge is 0.138 e. The molecular formula is C14H16N2O. The van der Waals surface area contributed by atoms with Gasteiger partial charge in [-0.2, -0.15) is 10.5 Å². The zero-order chi connectivity index (χ0) is 12.8. The van der Waals surface area contributed by atoms with Crippen molar-refractivity contribution < 1.29 is 4.74 Å². The molecule has 3 heteroatoms. The third-order valence-corrected chi connectivity index (χ3v) is 2.39. The lowest BCUT2D eigenvalue weighted by molar-refractivity contribution is 0.192. The Hall–Kier alpha value is -2.00. The summed E-state index contributed by atoms with van der Waals surface area (Å²) in [4.78, 5) is 0. The van der Waals surface area contributed by atoms with Crippen LogP contribution in [-0.2, 0) is 0 Å². The third-order valence-electron chi connectivity index (χ3n) is 2.39. The van der Waals surface area contributed by atoms with Gasteiger partial charge >= 0.3 is 0 Å². The van der Waals surface area contributed by atoms with E-state index in [2.05, 4.69) is 13.8 Å². The summed E-state index contributed by atoms with van der Waals surface area (Å²) in [6.45, 7) is 6.22. The topological polar surface area (TPSA) is 56.8 Å². The van der Waals surface area contributed by atoms with Gasteiger partial charge < -0.3 is 4.74 Å². The van der Waals surface area contributed by atoms with E-state index in [0.717, 1.165) is 6.42 Å². The largest absolute Gasteiger partial charge is 0.489 e. The van der Waals surface area contributed by atoms with Crippen molar-refractivity contribution in [3.8, 4) is 17.9 Å². The number of hydrogen-bond acceptors (Lipinski definition) is 3. The molecule has 3 nitrogen and oxygen atoms in total. The molecule has 88 valence electrons. The van der Waals surface area contributed by atoms with Crippen LogP contribution in [0.25, 0.3) is 0 Å². The number of benzene rings is 1. The van der Waals surface area contributed by atoms with Crippen molar-refractivity contribution in [3.63, 3.8) is 0 Å². The maximum Gasteiger partial charge on any atom is 0.138 e. The first kappa shape index (κ1) is 13.1. The third kappa shape index (κ3) is 3.50. The first-order valence-electron chi connectivity index (χ1n) is 5.68. The van der Waals surface area contributed by atoms with Crippen LogP contribution in [-0.4, -0.2) is 6.10 Å². The Morgan fingerprint density at radius 3 is 2.41 bits per heavy atom. The summed E-state index contributed by atoms with van der Waals surface area (Å²) in [5.41, 5.74) is 0.687. The lowest BCUT2D eigenvalue weighted by Gasteiger charge is -2.17. The Bertz CT molecular complexity index is 466. The lowest BCUT2D eigenvalue weighted by atomic mass is 10.1. The number of ether oxygens (including phenoxy) is 1. The number of nitriles is 2. The van der Waals surface area contributed by atoms with Gasteiger partial charge in [0.1, 0.15) is 23.5 Å². The fourth-order valence-corrected chi connectivity index (χ4v) is 1.77. The fourth-order valence-electron chi connectivity index (χ4n) is 1.77. The van der Waals surface area contributed by atoms with E-state index < -0.39 is 0 Å². The van der Waals surface area contributed by atoms with E-state index in [1.807, 2.05) is 19.1 Å². The molecule has 1 rings (SSSR count). The SMILES string of the molecule is CC(C)CC(C)Oc1cccc(C#N)c1C#N. The molecule has 0 radical (unpaired) electrons. The minimum Gasteiger partial charge on any atom is -0.489 e. The van der Waals surface area contributed by atoms with Crippen LogP contribution in [0.15, 0.2) is 18.2 Å². The molecule has 1 aromatic rings. The highest BCUT2D eigenvalue weighted by molar-refractivity contribution is 5.53. The normalized spacial score (nSPS) is 11.6. The maximum absolute atomic E-state index is 9.04. The molecule has 0 aliphatic carbocycles. The molecule has 1 aromatic carbocycles. The van der Waals surface area contributed by atoms with E-state index in [9.17, 15) is 0 Å². The van der Waals surface area contributed by atoms with Gasteiger partial charge in [-0.3, -0.25) is 0 Å². The summed E-state index contributed by atoms with van der Waals surface area (Å²) in [6.07, 6.45) is 0.956. The van der Waals surface area contributed by atoms with Crippen molar-refractivity contribution in [1.29, 1.82) is 10.5 Å². The molecule has 0 saturated carbocycles. The summed E-state index contributed by atoms with van der Waals surface area (Å²) < 4.78 is 5.72. The summed E-state index contributed by atoms with van der Waals surface area (Å²) in [5, 5.41) is 17.9. The second-order valence-electron chi connectivity index (χ2n) is 4.46. The van der Waals surface area contributed by atoms with Gasteiger partial charge in [-0.15, -0.1) is 0 Å². The predicted molar refractivity (Wildman–Crippen MR) is 65.4 cm³/mol. The first-order chi connectivity index (χ1) is 8.08. The molecule has 0 aromatic heterocycles. The summed E-state index contributed by atoms with van der Waals surface area (Å²) in [5.74, 6) is 1.04. The quantitative estimate of drug-likeness (QED) is 0.794. The molecule has 0 aliphatic rings. The second-order valence-corrected chi connectivity index (χ2v) is 4.46.